The average Bonchev–Trinajstić information content (AvgIpc) is 2.88. The van der Waals surface area contributed by atoms with Gasteiger partial charge in [0.25, 0.3) is 0 Å². The summed E-state index contributed by atoms with van der Waals surface area (Å²) in [5.74, 6) is -2.65. The predicted octanol–water partition coefficient (Wildman–Crippen LogP) is 5.13. The van der Waals surface area contributed by atoms with Gasteiger partial charge in [-0.05, 0) is 25.0 Å². The molecule has 0 saturated carbocycles. The van der Waals surface area contributed by atoms with Crippen LogP contribution >= 0.6 is 0 Å². The number of carbonyl (C=O) groups is 4. The number of hydrogen-bond acceptors (Lipinski definition) is 6. The first kappa shape index (κ1) is 33.5. The number of hydrogen-bond donors (Lipinski definition) is 2. The molecule has 0 unspecified atom stereocenters. The first-order valence-electron chi connectivity index (χ1n) is 10.4. The van der Waals surface area contributed by atoms with E-state index in [0.29, 0.717) is 18.8 Å². The summed E-state index contributed by atoms with van der Waals surface area (Å²) in [6.07, 6.45) is 1.99. The molecule has 0 saturated heterocycles. The van der Waals surface area contributed by atoms with Crippen LogP contribution in [0.25, 0.3) is 0 Å². The lowest BCUT2D eigenvalue weighted by atomic mass is 10.2. The Morgan fingerprint density at radius 1 is 0.722 bits per heavy atom. The SMILES string of the molecule is C=C(C)C(=O)O.C=C(C)C(=O)OCc1ccccc1.C=CC(=O)O.C=CC(=O)OCc1ccccc1. The molecule has 2 aromatic carbocycles. The first-order valence-corrected chi connectivity index (χ1v) is 10.4. The molecule has 0 aliphatic rings. The van der Waals surface area contributed by atoms with Crippen molar-refractivity contribution in [1.82, 2.24) is 0 Å². The molecule has 0 fully saturated rings. The Morgan fingerprint density at radius 2 is 1.08 bits per heavy atom. The third-order valence-electron chi connectivity index (χ3n) is 3.49. The summed E-state index contributed by atoms with van der Waals surface area (Å²) in [7, 11) is 0. The summed E-state index contributed by atoms with van der Waals surface area (Å²) < 4.78 is 9.77. The van der Waals surface area contributed by atoms with Gasteiger partial charge in [0.15, 0.2) is 0 Å². The lowest BCUT2D eigenvalue weighted by Crippen LogP contribution is -2.04. The van der Waals surface area contributed by atoms with Crippen molar-refractivity contribution in [3.05, 3.63) is 121 Å². The molecular formula is C28H32O8. The third-order valence-corrected chi connectivity index (χ3v) is 3.49. The molecule has 0 bridgehead atoms. The zero-order valence-corrected chi connectivity index (χ0v) is 20.5. The fraction of sp³-hybridized carbons (Fsp3) is 0.143. The largest absolute Gasteiger partial charge is 0.478 e. The molecule has 0 atom stereocenters. The number of esters is 2. The fourth-order valence-electron chi connectivity index (χ4n) is 1.63. The minimum Gasteiger partial charge on any atom is -0.478 e. The first-order chi connectivity index (χ1) is 16.9. The maximum atomic E-state index is 11.0. The van der Waals surface area contributed by atoms with Crippen LogP contribution in [0.2, 0.25) is 0 Å². The van der Waals surface area contributed by atoms with Crippen LogP contribution in [0.1, 0.15) is 25.0 Å². The number of aliphatic carboxylic acids is 2. The molecule has 2 rings (SSSR count). The number of benzene rings is 2. The molecule has 0 spiro atoms. The van der Waals surface area contributed by atoms with Gasteiger partial charge < -0.3 is 19.7 Å². The van der Waals surface area contributed by atoms with E-state index in [2.05, 4.69) is 26.3 Å². The van der Waals surface area contributed by atoms with Crippen LogP contribution in [-0.2, 0) is 41.9 Å². The van der Waals surface area contributed by atoms with Crippen molar-refractivity contribution in [3.8, 4) is 0 Å². The van der Waals surface area contributed by atoms with Crippen molar-refractivity contribution in [1.29, 1.82) is 0 Å². The van der Waals surface area contributed by atoms with E-state index in [9.17, 15) is 19.2 Å². The molecule has 8 nitrogen and oxygen atoms in total. The summed E-state index contributed by atoms with van der Waals surface area (Å²) in [6, 6.07) is 19.1. The van der Waals surface area contributed by atoms with Crippen LogP contribution < -0.4 is 0 Å². The molecule has 0 aliphatic heterocycles. The monoisotopic (exact) mass is 496 g/mol. The second-order valence-electron chi connectivity index (χ2n) is 6.77. The number of rotatable bonds is 8. The van der Waals surface area contributed by atoms with Crippen molar-refractivity contribution in [2.75, 3.05) is 0 Å². The van der Waals surface area contributed by atoms with E-state index in [1.165, 1.54) is 6.92 Å². The van der Waals surface area contributed by atoms with E-state index in [4.69, 9.17) is 19.7 Å². The van der Waals surface area contributed by atoms with Gasteiger partial charge in [0.2, 0.25) is 0 Å². The van der Waals surface area contributed by atoms with Crippen LogP contribution in [0.5, 0.6) is 0 Å². The Kier molecular flexibility index (Phi) is 19.4. The second-order valence-corrected chi connectivity index (χ2v) is 6.77. The summed E-state index contributed by atoms with van der Waals surface area (Å²) in [6.45, 7) is 16.6. The number of carboxylic acids is 2. The number of carboxylic acid groups (broad SMARTS) is 2. The highest BCUT2D eigenvalue weighted by Gasteiger charge is 2.02. The van der Waals surface area contributed by atoms with Crippen LogP contribution in [0, 0.1) is 0 Å². The van der Waals surface area contributed by atoms with Crippen molar-refractivity contribution < 1.29 is 38.9 Å². The fourth-order valence-corrected chi connectivity index (χ4v) is 1.63. The van der Waals surface area contributed by atoms with Gasteiger partial charge in [0, 0.05) is 23.3 Å². The van der Waals surface area contributed by atoms with Crippen LogP contribution in [0.4, 0.5) is 0 Å². The molecule has 0 heterocycles. The molecule has 2 N–H and O–H groups in total. The predicted molar refractivity (Wildman–Crippen MR) is 138 cm³/mol. The van der Waals surface area contributed by atoms with Gasteiger partial charge in [-0.15, -0.1) is 0 Å². The highest BCUT2D eigenvalue weighted by molar-refractivity contribution is 5.87. The molecule has 0 radical (unpaired) electrons. The maximum Gasteiger partial charge on any atom is 0.333 e. The lowest BCUT2D eigenvalue weighted by molar-refractivity contribution is -0.140. The normalized spacial score (nSPS) is 8.50. The van der Waals surface area contributed by atoms with Crippen LogP contribution in [0.3, 0.4) is 0 Å². The summed E-state index contributed by atoms with van der Waals surface area (Å²) in [5.41, 5.74) is 2.57. The quantitative estimate of drug-likeness (QED) is 0.381. The van der Waals surface area contributed by atoms with Crippen molar-refractivity contribution in [3.63, 3.8) is 0 Å². The molecule has 0 aliphatic carbocycles. The summed E-state index contributed by atoms with van der Waals surface area (Å²) >= 11 is 0. The van der Waals surface area contributed by atoms with Gasteiger partial charge in [0.05, 0.1) is 0 Å². The van der Waals surface area contributed by atoms with E-state index >= 15 is 0 Å². The van der Waals surface area contributed by atoms with E-state index in [-0.39, 0.29) is 17.5 Å². The van der Waals surface area contributed by atoms with Crippen LogP contribution in [-0.4, -0.2) is 34.1 Å². The Balaban J connectivity index is 0. The molecular weight excluding hydrogens is 464 g/mol. The van der Waals surface area contributed by atoms with E-state index in [0.717, 1.165) is 23.3 Å². The highest BCUT2D eigenvalue weighted by atomic mass is 16.5. The Bertz CT molecular complexity index is 996. The maximum absolute atomic E-state index is 11.0. The highest BCUT2D eigenvalue weighted by Crippen LogP contribution is 2.02. The second kappa shape index (κ2) is 20.9. The molecule has 0 amide bonds. The molecule has 36 heavy (non-hydrogen) atoms. The van der Waals surface area contributed by atoms with E-state index < -0.39 is 11.9 Å². The van der Waals surface area contributed by atoms with Gasteiger partial charge >= 0.3 is 23.9 Å². The zero-order chi connectivity index (χ0) is 27.9. The molecule has 0 aromatic heterocycles. The molecule has 8 heteroatoms. The van der Waals surface area contributed by atoms with E-state index in [1.54, 1.807) is 6.92 Å². The van der Waals surface area contributed by atoms with Crippen molar-refractivity contribution >= 4 is 23.9 Å². The average molecular weight is 497 g/mol. The van der Waals surface area contributed by atoms with Gasteiger partial charge in [-0.25, -0.2) is 19.2 Å². The van der Waals surface area contributed by atoms with Gasteiger partial charge in [0.1, 0.15) is 13.2 Å². The van der Waals surface area contributed by atoms with Gasteiger partial charge in [-0.3, -0.25) is 0 Å². The minimum atomic E-state index is -0.981. The smallest absolute Gasteiger partial charge is 0.333 e. The Hall–Kier alpha value is -4.72. The topological polar surface area (TPSA) is 127 Å². The number of carbonyl (C=O) groups excluding carboxylic acids is 2. The Labute approximate surface area is 211 Å². The lowest BCUT2D eigenvalue weighted by Gasteiger charge is -2.03. The van der Waals surface area contributed by atoms with Gasteiger partial charge in [-0.2, -0.15) is 0 Å². The Morgan fingerprint density at radius 3 is 1.36 bits per heavy atom. The van der Waals surface area contributed by atoms with E-state index in [1.807, 2.05) is 60.7 Å². The summed E-state index contributed by atoms with van der Waals surface area (Å²) in [4.78, 5) is 40.5. The minimum absolute atomic E-state index is 0.176. The standard InChI is InChI=1S/C11H12O2.C10H10O2.C4H6O2.C3H4O2/c1-9(2)11(12)13-8-10-6-4-3-5-7-10;1-2-10(11)12-8-9-6-4-3-5-7-9;1-3(2)4(5)6;1-2-3(4)5/h3-7H,1,8H2,2H3;2-7H,1,8H2;1H2,2H3,(H,5,6);2H,1H2,(H,4,5). The molecule has 2 aromatic rings. The molecule has 192 valence electrons. The zero-order valence-electron chi connectivity index (χ0n) is 20.5. The van der Waals surface area contributed by atoms with Crippen molar-refractivity contribution in [2.24, 2.45) is 0 Å². The van der Waals surface area contributed by atoms with Crippen molar-refractivity contribution in [2.45, 2.75) is 27.1 Å². The number of ether oxygens (including phenoxy) is 2. The van der Waals surface area contributed by atoms with Gasteiger partial charge in [-0.1, -0.05) is 87.0 Å². The third kappa shape index (κ3) is 21.1. The summed E-state index contributed by atoms with van der Waals surface area (Å²) in [5, 5.41) is 15.5. The van der Waals surface area contributed by atoms with Crippen LogP contribution in [0.15, 0.2) is 110 Å².